The van der Waals surface area contributed by atoms with Crippen LogP contribution < -0.4 is 0 Å². The van der Waals surface area contributed by atoms with Gasteiger partial charge in [0.2, 0.25) is 0 Å². The molecular weight excluding hydrogens is 511 g/mol. The Kier molecular flexibility index (Phi) is 6.35. The molecule has 0 radical (unpaired) electrons. The Labute approximate surface area is 209 Å². The number of hydroxylamine groups is 2. The van der Waals surface area contributed by atoms with Gasteiger partial charge in [-0.15, -0.1) is 5.06 Å². The fourth-order valence-corrected chi connectivity index (χ4v) is 4.35. The molecule has 2 aromatic rings. The summed E-state index contributed by atoms with van der Waals surface area (Å²) >= 11 is 11.8. The maximum absolute atomic E-state index is 15.3. The van der Waals surface area contributed by atoms with E-state index in [1.165, 1.54) is 35.4 Å². The summed E-state index contributed by atoms with van der Waals surface area (Å²) in [6.07, 6.45) is -5.42. The van der Waals surface area contributed by atoms with Gasteiger partial charge in [0.25, 0.3) is 5.60 Å². The molecular formula is C24H22Cl2F4N2O3. The Morgan fingerprint density at radius 1 is 1.03 bits per heavy atom. The summed E-state index contributed by atoms with van der Waals surface area (Å²) in [4.78, 5) is 22.1. The first-order valence-corrected chi connectivity index (χ1v) is 11.4. The second-order valence-corrected chi connectivity index (χ2v) is 10.6. The standard InChI is InChI=1S/C24H22Cl2F4N2O3/c1-21(2,3)20(33)34-32-12-22(27,13-32)15-6-4-14(5-7-15)19-11-23(35-31-19,24(28,29)30)16-8-17(25)10-18(26)9-16/h4-10H,11-13H2,1-3H3/t23-/m1/s1. The van der Waals surface area contributed by atoms with Gasteiger partial charge in [0.05, 0.1) is 24.2 Å². The number of alkyl halides is 4. The molecule has 2 aliphatic heterocycles. The van der Waals surface area contributed by atoms with E-state index in [2.05, 4.69) is 5.16 Å². The van der Waals surface area contributed by atoms with E-state index in [1.54, 1.807) is 20.8 Å². The van der Waals surface area contributed by atoms with Gasteiger partial charge < -0.3 is 9.68 Å². The highest BCUT2D eigenvalue weighted by atomic mass is 35.5. The normalized spacial score (nSPS) is 22.3. The Morgan fingerprint density at radius 2 is 1.60 bits per heavy atom. The monoisotopic (exact) mass is 532 g/mol. The minimum absolute atomic E-state index is 0.0356. The molecule has 188 valence electrons. The SMILES string of the molecule is CC(C)(C)C(=O)ON1CC(F)(c2ccc(C3=NO[C@](c4cc(Cl)cc(Cl)c4)(C(F)(F)F)C3)cc2)C1. The zero-order chi connectivity index (χ0) is 25.8. The van der Waals surface area contributed by atoms with E-state index in [4.69, 9.17) is 32.9 Å². The molecule has 0 aromatic heterocycles. The van der Waals surface area contributed by atoms with Gasteiger partial charge in [-0.1, -0.05) is 52.6 Å². The average molecular weight is 533 g/mol. The molecule has 0 amide bonds. The van der Waals surface area contributed by atoms with Crippen molar-refractivity contribution in [2.75, 3.05) is 13.1 Å². The van der Waals surface area contributed by atoms with Crippen molar-refractivity contribution in [3.05, 3.63) is 69.2 Å². The minimum Gasteiger partial charge on any atom is -0.374 e. The van der Waals surface area contributed by atoms with Crippen molar-refractivity contribution in [1.29, 1.82) is 0 Å². The third-order valence-electron chi connectivity index (χ3n) is 5.93. The van der Waals surface area contributed by atoms with Crippen LogP contribution in [-0.2, 0) is 25.7 Å². The Balaban J connectivity index is 1.49. The Hall–Kier alpha value is -2.36. The first-order chi connectivity index (χ1) is 16.1. The summed E-state index contributed by atoms with van der Waals surface area (Å²) in [5.41, 5.74) is -4.77. The number of carbonyl (C=O) groups is 1. The lowest BCUT2D eigenvalue weighted by Gasteiger charge is -2.43. The van der Waals surface area contributed by atoms with Gasteiger partial charge in [-0.3, -0.25) is 0 Å². The van der Waals surface area contributed by atoms with Gasteiger partial charge in [-0.2, -0.15) is 13.2 Å². The molecule has 0 saturated carbocycles. The zero-order valence-corrected chi connectivity index (χ0v) is 20.6. The largest absolute Gasteiger partial charge is 0.435 e. The Bertz CT molecular complexity index is 1150. The van der Waals surface area contributed by atoms with E-state index in [0.717, 1.165) is 12.1 Å². The van der Waals surface area contributed by atoms with Crippen molar-refractivity contribution in [2.45, 2.75) is 44.6 Å². The van der Waals surface area contributed by atoms with Crippen LogP contribution in [0.25, 0.3) is 0 Å². The molecule has 2 aliphatic rings. The number of carbonyl (C=O) groups excluding carboxylic acids is 1. The summed E-state index contributed by atoms with van der Waals surface area (Å²) in [6, 6.07) is 9.54. The van der Waals surface area contributed by atoms with Crippen LogP contribution in [0.1, 0.15) is 43.9 Å². The summed E-state index contributed by atoms with van der Waals surface area (Å²) in [7, 11) is 0. The number of nitrogens with zero attached hydrogens (tertiary/aromatic N) is 2. The van der Waals surface area contributed by atoms with Crippen molar-refractivity contribution in [3.63, 3.8) is 0 Å². The number of benzene rings is 2. The lowest BCUT2D eigenvalue weighted by atomic mass is 9.85. The van der Waals surface area contributed by atoms with Crippen LogP contribution in [0.5, 0.6) is 0 Å². The van der Waals surface area contributed by atoms with Gasteiger partial charge in [-0.25, -0.2) is 9.18 Å². The summed E-state index contributed by atoms with van der Waals surface area (Å²) in [5, 5.41) is 5.02. The van der Waals surface area contributed by atoms with E-state index >= 15 is 4.39 Å². The molecule has 0 unspecified atom stereocenters. The molecule has 4 rings (SSSR count). The quantitative estimate of drug-likeness (QED) is 0.418. The van der Waals surface area contributed by atoms with Crippen LogP contribution in [0, 0.1) is 5.41 Å². The molecule has 0 bridgehead atoms. The molecule has 1 atom stereocenters. The predicted octanol–water partition coefficient (Wildman–Crippen LogP) is 6.56. The first kappa shape index (κ1) is 25.7. The fourth-order valence-electron chi connectivity index (χ4n) is 3.82. The van der Waals surface area contributed by atoms with E-state index in [0.29, 0.717) is 11.1 Å². The summed E-state index contributed by atoms with van der Waals surface area (Å²) in [5.74, 6) is -0.469. The minimum atomic E-state index is -4.81. The summed E-state index contributed by atoms with van der Waals surface area (Å²) in [6.45, 7) is 4.79. The number of halogens is 6. The highest BCUT2D eigenvalue weighted by molar-refractivity contribution is 6.34. The van der Waals surface area contributed by atoms with Crippen LogP contribution in [0.15, 0.2) is 47.6 Å². The van der Waals surface area contributed by atoms with Gasteiger partial charge in [0.1, 0.15) is 0 Å². The van der Waals surface area contributed by atoms with Gasteiger partial charge >= 0.3 is 12.1 Å². The molecule has 1 fully saturated rings. The number of hydrogen-bond acceptors (Lipinski definition) is 5. The molecule has 35 heavy (non-hydrogen) atoms. The molecule has 0 aliphatic carbocycles. The molecule has 2 aromatic carbocycles. The van der Waals surface area contributed by atoms with Crippen molar-refractivity contribution in [3.8, 4) is 0 Å². The number of hydrogen-bond donors (Lipinski definition) is 0. The van der Waals surface area contributed by atoms with Crippen LogP contribution in [0.3, 0.4) is 0 Å². The first-order valence-electron chi connectivity index (χ1n) is 10.7. The third-order valence-corrected chi connectivity index (χ3v) is 6.37. The van der Waals surface area contributed by atoms with E-state index in [1.807, 2.05) is 0 Å². The maximum Gasteiger partial charge on any atom is 0.435 e. The van der Waals surface area contributed by atoms with Crippen LogP contribution in [0.4, 0.5) is 17.6 Å². The molecule has 1 saturated heterocycles. The van der Waals surface area contributed by atoms with E-state index in [9.17, 15) is 18.0 Å². The molecule has 0 spiro atoms. The predicted molar refractivity (Wildman–Crippen MR) is 123 cm³/mol. The van der Waals surface area contributed by atoms with Crippen molar-refractivity contribution >= 4 is 34.9 Å². The van der Waals surface area contributed by atoms with Gasteiger partial charge in [0.15, 0.2) is 5.67 Å². The second kappa shape index (κ2) is 8.64. The third kappa shape index (κ3) is 4.86. The smallest absolute Gasteiger partial charge is 0.374 e. The van der Waals surface area contributed by atoms with Crippen LogP contribution >= 0.6 is 23.2 Å². The van der Waals surface area contributed by atoms with Crippen molar-refractivity contribution in [1.82, 2.24) is 5.06 Å². The Morgan fingerprint density at radius 3 is 2.11 bits per heavy atom. The van der Waals surface area contributed by atoms with E-state index in [-0.39, 0.29) is 34.4 Å². The van der Waals surface area contributed by atoms with Crippen molar-refractivity contribution < 1.29 is 32.0 Å². The fraction of sp³-hybridized carbons (Fsp3) is 0.417. The molecule has 5 nitrogen and oxygen atoms in total. The van der Waals surface area contributed by atoms with E-state index < -0.39 is 35.3 Å². The highest BCUT2D eigenvalue weighted by Crippen LogP contribution is 2.50. The van der Waals surface area contributed by atoms with Crippen LogP contribution in [-0.4, -0.2) is 36.0 Å². The second-order valence-electron chi connectivity index (χ2n) is 9.76. The lowest BCUT2D eigenvalue weighted by molar-refractivity contribution is -0.275. The van der Waals surface area contributed by atoms with Crippen molar-refractivity contribution in [2.24, 2.45) is 10.6 Å². The number of rotatable bonds is 4. The molecule has 2 heterocycles. The number of oxime groups is 1. The lowest BCUT2D eigenvalue weighted by Crippen LogP contribution is -2.57. The maximum atomic E-state index is 15.3. The average Bonchev–Trinajstić information content (AvgIpc) is 3.18. The van der Waals surface area contributed by atoms with Gasteiger partial charge in [0, 0.05) is 22.0 Å². The molecule has 0 N–H and O–H groups in total. The topological polar surface area (TPSA) is 51.1 Å². The summed E-state index contributed by atoms with van der Waals surface area (Å²) < 4.78 is 57.7. The highest BCUT2D eigenvalue weighted by Gasteiger charge is 2.62. The van der Waals surface area contributed by atoms with Crippen LogP contribution in [0.2, 0.25) is 10.0 Å². The zero-order valence-electron chi connectivity index (χ0n) is 19.0. The van der Waals surface area contributed by atoms with Gasteiger partial charge in [-0.05, 0) is 50.1 Å². The molecule has 11 heteroatoms.